The highest BCUT2D eigenvalue weighted by Gasteiger charge is 2.10. The minimum atomic E-state index is 0.907. The predicted octanol–water partition coefficient (Wildman–Crippen LogP) is 2.02. The largest absolute Gasteiger partial charge is 0.384 e. The molecule has 0 bridgehead atoms. The Morgan fingerprint density at radius 3 is 2.88 bits per heavy atom. The molecule has 17 heavy (non-hydrogen) atoms. The summed E-state index contributed by atoms with van der Waals surface area (Å²) in [4.78, 5) is 6.77. The molecule has 4 nitrogen and oxygen atoms in total. The zero-order valence-corrected chi connectivity index (χ0v) is 10.6. The first-order chi connectivity index (χ1) is 8.38. The van der Waals surface area contributed by atoms with Crippen LogP contribution in [-0.2, 0) is 0 Å². The second-order valence-corrected chi connectivity index (χ2v) is 4.44. The third-order valence-electron chi connectivity index (χ3n) is 3.07. The Balaban J connectivity index is 1.75. The van der Waals surface area contributed by atoms with E-state index in [4.69, 9.17) is 0 Å². The molecule has 0 aromatic carbocycles. The molecular formula is C13H22N4. The van der Waals surface area contributed by atoms with E-state index in [-0.39, 0.29) is 0 Å². The maximum Gasteiger partial charge on any atom is 0.127 e. The molecule has 2 rings (SSSR count). The summed E-state index contributed by atoms with van der Waals surface area (Å²) in [7, 11) is 0. The van der Waals surface area contributed by atoms with Crippen molar-refractivity contribution in [2.75, 3.05) is 43.4 Å². The Kier molecular flexibility index (Phi) is 4.62. The zero-order valence-electron chi connectivity index (χ0n) is 10.6. The third-order valence-corrected chi connectivity index (χ3v) is 3.07. The maximum atomic E-state index is 4.25. The Morgan fingerprint density at radius 1 is 1.29 bits per heavy atom. The molecule has 2 N–H and O–H groups in total. The fourth-order valence-electron chi connectivity index (χ4n) is 2.18. The van der Waals surface area contributed by atoms with E-state index in [0.29, 0.717) is 0 Å². The van der Waals surface area contributed by atoms with Crippen LogP contribution in [0.4, 0.5) is 11.5 Å². The number of anilines is 2. The Labute approximate surface area is 103 Å². The van der Waals surface area contributed by atoms with E-state index >= 15 is 0 Å². The predicted molar refractivity (Wildman–Crippen MR) is 72.6 cm³/mol. The van der Waals surface area contributed by atoms with Gasteiger partial charge in [0, 0.05) is 37.6 Å². The molecule has 2 heterocycles. The van der Waals surface area contributed by atoms with Crippen molar-refractivity contribution in [3.8, 4) is 0 Å². The molecule has 1 aliphatic heterocycles. The topological polar surface area (TPSA) is 40.2 Å². The molecule has 0 unspecified atom stereocenters. The summed E-state index contributed by atoms with van der Waals surface area (Å²) < 4.78 is 0. The lowest BCUT2D eigenvalue weighted by atomic mass is 10.3. The maximum absolute atomic E-state index is 4.25. The molecule has 0 amide bonds. The Morgan fingerprint density at radius 2 is 2.12 bits per heavy atom. The summed E-state index contributed by atoms with van der Waals surface area (Å²) in [6.45, 7) is 7.66. The molecule has 94 valence electrons. The van der Waals surface area contributed by atoms with Crippen molar-refractivity contribution in [1.82, 2.24) is 9.88 Å². The van der Waals surface area contributed by atoms with Gasteiger partial charge < -0.3 is 15.5 Å². The zero-order chi connectivity index (χ0) is 11.9. The molecule has 1 saturated heterocycles. The highest BCUT2D eigenvalue weighted by molar-refractivity contribution is 5.51. The van der Waals surface area contributed by atoms with Crippen LogP contribution in [0.3, 0.4) is 0 Å². The molecule has 0 radical (unpaired) electrons. The molecule has 1 aromatic rings. The van der Waals surface area contributed by atoms with Gasteiger partial charge in [-0.25, -0.2) is 4.98 Å². The van der Waals surface area contributed by atoms with Crippen molar-refractivity contribution < 1.29 is 0 Å². The number of hydrogen-bond donors (Lipinski definition) is 2. The average Bonchev–Trinajstić information content (AvgIpc) is 2.83. The number of nitrogens with zero attached hydrogens (tertiary/aromatic N) is 2. The molecule has 0 atom stereocenters. The van der Waals surface area contributed by atoms with Crippen LogP contribution in [0.1, 0.15) is 19.8 Å². The molecule has 1 aromatic heterocycles. The van der Waals surface area contributed by atoms with Gasteiger partial charge in [-0.1, -0.05) is 0 Å². The second kappa shape index (κ2) is 6.45. The summed E-state index contributed by atoms with van der Waals surface area (Å²) in [5.74, 6) is 0.943. The number of rotatable bonds is 6. The van der Waals surface area contributed by atoms with Crippen LogP contribution >= 0.6 is 0 Å². The SMILES string of the molecule is CCNc1cc(NCCN2CCCC2)ccn1. The van der Waals surface area contributed by atoms with Gasteiger partial charge in [-0.15, -0.1) is 0 Å². The lowest BCUT2D eigenvalue weighted by Gasteiger charge is -2.15. The van der Waals surface area contributed by atoms with E-state index in [1.807, 2.05) is 12.3 Å². The van der Waals surface area contributed by atoms with Crippen molar-refractivity contribution in [3.05, 3.63) is 18.3 Å². The third kappa shape index (κ3) is 3.89. The molecule has 0 spiro atoms. The lowest BCUT2D eigenvalue weighted by molar-refractivity contribution is 0.352. The summed E-state index contributed by atoms with van der Waals surface area (Å²) in [5.41, 5.74) is 1.15. The van der Waals surface area contributed by atoms with E-state index in [1.165, 1.54) is 25.9 Å². The van der Waals surface area contributed by atoms with Crippen LogP contribution in [-0.4, -0.2) is 42.6 Å². The van der Waals surface area contributed by atoms with Gasteiger partial charge in [0.15, 0.2) is 0 Å². The van der Waals surface area contributed by atoms with Crippen LogP contribution in [0.5, 0.6) is 0 Å². The van der Waals surface area contributed by atoms with Gasteiger partial charge in [0.25, 0.3) is 0 Å². The number of pyridine rings is 1. The van der Waals surface area contributed by atoms with Crippen molar-refractivity contribution >= 4 is 11.5 Å². The number of hydrogen-bond acceptors (Lipinski definition) is 4. The quantitative estimate of drug-likeness (QED) is 0.790. The molecule has 1 fully saturated rings. The fraction of sp³-hybridized carbons (Fsp3) is 0.615. The fourth-order valence-corrected chi connectivity index (χ4v) is 2.18. The van der Waals surface area contributed by atoms with Gasteiger partial charge in [0.2, 0.25) is 0 Å². The van der Waals surface area contributed by atoms with E-state index < -0.39 is 0 Å². The number of nitrogens with one attached hydrogen (secondary N) is 2. The van der Waals surface area contributed by atoms with Crippen LogP contribution < -0.4 is 10.6 Å². The van der Waals surface area contributed by atoms with E-state index in [2.05, 4.69) is 33.5 Å². The first-order valence-corrected chi connectivity index (χ1v) is 6.54. The van der Waals surface area contributed by atoms with E-state index in [0.717, 1.165) is 31.1 Å². The second-order valence-electron chi connectivity index (χ2n) is 4.44. The first kappa shape index (κ1) is 12.2. The highest BCUT2D eigenvalue weighted by Crippen LogP contribution is 2.12. The van der Waals surface area contributed by atoms with E-state index in [9.17, 15) is 0 Å². The normalized spacial score (nSPS) is 16.1. The van der Waals surface area contributed by atoms with Gasteiger partial charge in [-0.3, -0.25) is 0 Å². The molecule has 0 saturated carbocycles. The summed E-state index contributed by atoms with van der Waals surface area (Å²) in [6, 6.07) is 4.08. The first-order valence-electron chi connectivity index (χ1n) is 6.54. The van der Waals surface area contributed by atoms with E-state index in [1.54, 1.807) is 0 Å². The van der Waals surface area contributed by atoms with Crippen molar-refractivity contribution in [2.45, 2.75) is 19.8 Å². The van der Waals surface area contributed by atoms with Gasteiger partial charge >= 0.3 is 0 Å². The van der Waals surface area contributed by atoms with Crippen LogP contribution in [0.15, 0.2) is 18.3 Å². The minimum absolute atomic E-state index is 0.907. The van der Waals surface area contributed by atoms with Gasteiger partial charge in [0.1, 0.15) is 5.82 Å². The van der Waals surface area contributed by atoms with Crippen molar-refractivity contribution in [2.24, 2.45) is 0 Å². The van der Waals surface area contributed by atoms with Gasteiger partial charge in [-0.2, -0.15) is 0 Å². The summed E-state index contributed by atoms with van der Waals surface area (Å²) in [5, 5.41) is 6.67. The van der Waals surface area contributed by atoms with Crippen LogP contribution in [0.2, 0.25) is 0 Å². The summed E-state index contributed by atoms with van der Waals surface area (Å²) >= 11 is 0. The monoisotopic (exact) mass is 234 g/mol. The average molecular weight is 234 g/mol. The van der Waals surface area contributed by atoms with Crippen molar-refractivity contribution in [3.63, 3.8) is 0 Å². The number of aromatic nitrogens is 1. The van der Waals surface area contributed by atoms with Gasteiger partial charge in [-0.05, 0) is 38.9 Å². The molecule has 4 heteroatoms. The summed E-state index contributed by atoms with van der Waals surface area (Å²) in [6.07, 6.45) is 4.57. The standard InChI is InChI=1S/C13H22N4/c1-2-14-13-11-12(5-6-16-13)15-7-10-17-8-3-4-9-17/h5-6,11H,2-4,7-10H2,1H3,(H2,14,15,16). The molecule has 0 aliphatic carbocycles. The van der Waals surface area contributed by atoms with Crippen molar-refractivity contribution in [1.29, 1.82) is 0 Å². The Bertz CT molecular complexity index is 334. The van der Waals surface area contributed by atoms with Gasteiger partial charge in [0.05, 0.1) is 0 Å². The van der Waals surface area contributed by atoms with Crippen LogP contribution in [0.25, 0.3) is 0 Å². The Hall–Kier alpha value is -1.29. The van der Waals surface area contributed by atoms with Crippen LogP contribution in [0, 0.1) is 0 Å². The molecule has 1 aliphatic rings. The highest BCUT2D eigenvalue weighted by atomic mass is 15.1. The smallest absolute Gasteiger partial charge is 0.127 e. The minimum Gasteiger partial charge on any atom is -0.384 e. The number of likely N-dealkylation sites (tertiary alicyclic amines) is 1. The molecular weight excluding hydrogens is 212 g/mol. The lowest BCUT2D eigenvalue weighted by Crippen LogP contribution is -2.25.